The number of terminal acetylenes is 1. The molecule has 0 aromatic carbocycles. The van der Waals surface area contributed by atoms with Gasteiger partial charge in [0.2, 0.25) is 0 Å². The van der Waals surface area contributed by atoms with Crippen molar-refractivity contribution in [3.05, 3.63) is 23.8 Å². The van der Waals surface area contributed by atoms with E-state index in [4.69, 9.17) is 15.9 Å². The molecule has 25 heavy (non-hydrogen) atoms. The molecule has 1 unspecified atom stereocenters. The summed E-state index contributed by atoms with van der Waals surface area (Å²) in [6, 6.07) is 0. The van der Waals surface area contributed by atoms with Crippen LogP contribution in [0.2, 0.25) is 0 Å². The van der Waals surface area contributed by atoms with Gasteiger partial charge in [0.15, 0.2) is 0 Å². The number of ether oxygens (including phenoxy) is 2. The van der Waals surface area contributed by atoms with Gasteiger partial charge in [-0.2, -0.15) is 0 Å². The van der Waals surface area contributed by atoms with Gasteiger partial charge < -0.3 is 9.47 Å². The minimum absolute atomic E-state index is 0.151. The molecule has 0 aliphatic heterocycles. The molecule has 0 aromatic heterocycles. The fraction of sp³-hybridized carbons (Fsp3) is 0.682. The van der Waals surface area contributed by atoms with Gasteiger partial charge in [-0.15, -0.1) is 6.42 Å². The highest BCUT2D eigenvalue weighted by Crippen LogP contribution is 2.28. The monoisotopic (exact) mass is 346 g/mol. The zero-order chi connectivity index (χ0) is 18.7. The summed E-state index contributed by atoms with van der Waals surface area (Å²) in [6.07, 6.45) is 17.6. The molecule has 1 saturated carbocycles. The van der Waals surface area contributed by atoms with Crippen LogP contribution in [0, 0.1) is 24.2 Å². The van der Waals surface area contributed by atoms with E-state index in [1.54, 1.807) is 6.08 Å². The Hall–Kier alpha value is -1.53. The van der Waals surface area contributed by atoms with Crippen LogP contribution in [0.3, 0.4) is 0 Å². The lowest BCUT2D eigenvalue weighted by Crippen LogP contribution is -2.24. The first kappa shape index (κ1) is 21.5. The summed E-state index contributed by atoms with van der Waals surface area (Å²) in [5, 5.41) is 0. The summed E-state index contributed by atoms with van der Waals surface area (Å²) in [6.45, 7) is 9.31. The molecule has 0 N–H and O–H groups in total. The molecule has 0 saturated heterocycles. The Bertz CT molecular complexity index is 504. The van der Waals surface area contributed by atoms with E-state index in [1.807, 2.05) is 13.0 Å². The van der Waals surface area contributed by atoms with E-state index in [2.05, 4.69) is 32.8 Å². The van der Waals surface area contributed by atoms with Gasteiger partial charge in [0.25, 0.3) is 0 Å². The van der Waals surface area contributed by atoms with Crippen molar-refractivity contribution in [3.63, 3.8) is 0 Å². The highest BCUT2D eigenvalue weighted by Gasteiger charge is 2.22. The number of hydrogen-bond donors (Lipinski definition) is 0. The second-order valence-corrected chi connectivity index (χ2v) is 7.85. The van der Waals surface area contributed by atoms with Crippen LogP contribution in [0.1, 0.15) is 66.2 Å². The van der Waals surface area contributed by atoms with E-state index in [9.17, 15) is 4.79 Å². The largest absolute Gasteiger partial charge is 0.462 e. The third kappa shape index (κ3) is 11.6. The molecule has 1 aliphatic rings. The fourth-order valence-corrected chi connectivity index (χ4v) is 2.55. The molecule has 0 radical (unpaired) electrons. The average Bonchev–Trinajstić information content (AvgIpc) is 3.35. The summed E-state index contributed by atoms with van der Waals surface area (Å²) in [7, 11) is 0. The third-order valence-electron chi connectivity index (χ3n) is 4.44. The van der Waals surface area contributed by atoms with Crippen LogP contribution in [0.25, 0.3) is 0 Å². The zero-order valence-electron chi connectivity index (χ0n) is 16.3. The summed E-state index contributed by atoms with van der Waals surface area (Å²) in [4.78, 5) is 11.6. The minimum atomic E-state index is -0.226. The lowest BCUT2D eigenvalue weighted by molar-refractivity contribution is -0.138. The Kier molecular flexibility index (Phi) is 9.60. The maximum Gasteiger partial charge on any atom is 0.331 e. The topological polar surface area (TPSA) is 35.5 Å². The fourth-order valence-electron chi connectivity index (χ4n) is 2.55. The molecule has 140 valence electrons. The molecular formula is C22H34O3. The molecule has 1 atom stereocenters. The molecule has 3 nitrogen and oxygen atoms in total. The van der Waals surface area contributed by atoms with Crippen molar-refractivity contribution >= 4 is 5.97 Å². The first-order chi connectivity index (χ1) is 11.8. The number of rotatable bonds is 12. The van der Waals surface area contributed by atoms with E-state index >= 15 is 0 Å². The number of carbonyl (C=O) groups excluding carboxylic acids is 1. The summed E-state index contributed by atoms with van der Waals surface area (Å²) in [5.41, 5.74) is 0.791. The van der Waals surface area contributed by atoms with Crippen LogP contribution in [-0.2, 0) is 14.3 Å². The number of allylic oxidation sites excluding steroid dienone is 3. The van der Waals surface area contributed by atoms with Crippen molar-refractivity contribution in [2.45, 2.75) is 71.8 Å². The minimum Gasteiger partial charge on any atom is -0.462 e. The summed E-state index contributed by atoms with van der Waals surface area (Å²) < 4.78 is 10.9. The molecule has 1 aliphatic carbocycles. The van der Waals surface area contributed by atoms with Gasteiger partial charge in [-0.1, -0.05) is 37.8 Å². The molecule has 0 heterocycles. The van der Waals surface area contributed by atoms with Crippen molar-refractivity contribution in [2.75, 3.05) is 13.2 Å². The van der Waals surface area contributed by atoms with Gasteiger partial charge in [0.1, 0.15) is 6.61 Å². The molecule has 0 spiro atoms. The maximum atomic E-state index is 11.6. The number of carbonyl (C=O) groups is 1. The van der Waals surface area contributed by atoms with Gasteiger partial charge in [0.05, 0.1) is 12.2 Å². The summed E-state index contributed by atoms with van der Waals surface area (Å²) >= 11 is 0. The quantitative estimate of drug-likeness (QED) is 0.214. The maximum absolute atomic E-state index is 11.6. The summed E-state index contributed by atoms with van der Waals surface area (Å²) in [5.74, 6) is 3.51. The van der Waals surface area contributed by atoms with E-state index in [1.165, 1.54) is 12.8 Å². The Morgan fingerprint density at radius 2 is 2.12 bits per heavy atom. The number of esters is 1. The van der Waals surface area contributed by atoms with Crippen LogP contribution < -0.4 is 0 Å². The SMILES string of the molecule is C#CCOC(C)(C)CCCC(C)CC=CC(C)=CC(=O)OCC1CC1. The molecule has 3 heteroatoms. The van der Waals surface area contributed by atoms with E-state index in [0.29, 0.717) is 25.0 Å². The van der Waals surface area contributed by atoms with Crippen LogP contribution in [0.5, 0.6) is 0 Å². The van der Waals surface area contributed by atoms with Gasteiger partial charge >= 0.3 is 5.97 Å². The van der Waals surface area contributed by atoms with Gasteiger partial charge in [-0.05, 0) is 63.9 Å². The van der Waals surface area contributed by atoms with E-state index < -0.39 is 0 Å². The van der Waals surface area contributed by atoms with Crippen molar-refractivity contribution < 1.29 is 14.3 Å². The van der Waals surface area contributed by atoms with Gasteiger partial charge in [-0.25, -0.2) is 4.79 Å². The standard InChI is InChI=1S/C22H34O3/c1-6-15-25-22(4,5)14-8-11-18(2)9-7-10-19(3)16-21(23)24-17-20-12-13-20/h1,7,10,16,18,20H,8-9,11-15,17H2,2-5H3. The smallest absolute Gasteiger partial charge is 0.331 e. The molecule has 0 aromatic rings. The second-order valence-electron chi connectivity index (χ2n) is 7.85. The Morgan fingerprint density at radius 3 is 2.76 bits per heavy atom. The first-order valence-corrected chi connectivity index (χ1v) is 9.41. The average molecular weight is 347 g/mol. The molecular weight excluding hydrogens is 312 g/mol. The Morgan fingerprint density at radius 1 is 1.40 bits per heavy atom. The van der Waals surface area contributed by atoms with Gasteiger partial charge in [-0.3, -0.25) is 0 Å². The second kappa shape index (κ2) is 11.2. The third-order valence-corrected chi connectivity index (χ3v) is 4.44. The highest BCUT2D eigenvalue weighted by molar-refractivity contribution is 5.83. The molecule has 1 fully saturated rings. The van der Waals surface area contributed by atoms with Crippen LogP contribution in [0.15, 0.2) is 23.8 Å². The van der Waals surface area contributed by atoms with Crippen molar-refractivity contribution in [1.29, 1.82) is 0 Å². The Balaban J connectivity index is 2.18. The highest BCUT2D eigenvalue weighted by atomic mass is 16.5. The predicted octanol–water partition coefficient (Wildman–Crippen LogP) is 5.07. The van der Waals surface area contributed by atoms with Crippen molar-refractivity contribution in [3.8, 4) is 12.3 Å². The van der Waals surface area contributed by atoms with Crippen molar-refractivity contribution in [1.82, 2.24) is 0 Å². The van der Waals surface area contributed by atoms with Crippen LogP contribution in [0.4, 0.5) is 0 Å². The van der Waals surface area contributed by atoms with Crippen LogP contribution >= 0.6 is 0 Å². The normalized spacial score (nSPS) is 16.7. The lowest BCUT2D eigenvalue weighted by atomic mass is 9.94. The molecule has 1 rings (SSSR count). The predicted molar refractivity (Wildman–Crippen MR) is 103 cm³/mol. The van der Waals surface area contributed by atoms with E-state index in [0.717, 1.165) is 31.3 Å². The zero-order valence-corrected chi connectivity index (χ0v) is 16.3. The van der Waals surface area contributed by atoms with Crippen LogP contribution in [-0.4, -0.2) is 24.8 Å². The van der Waals surface area contributed by atoms with Gasteiger partial charge in [0, 0.05) is 6.08 Å². The number of hydrogen-bond acceptors (Lipinski definition) is 3. The van der Waals surface area contributed by atoms with E-state index in [-0.39, 0.29) is 11.6 Å². The van der Waals surface area contributed by atoms with Crippen molar-refractivity contribution in [2.24, 2.45) is 11.8 Å². The Labute approximate surface area is 153 Å². The lowest BCUT2D eigenvalue weighted by Gasteiger charge is -2.24. The molecule has 0 amide bonds. The first-order valence-electron chi connectivity index (χ1n) is 9.41. The molecule has 0 bridgehead atoms.